The quantitative estimate of drug-likeness (QED) is 0.670. The number of nitrogens with zero attached hydrogens (tertiary/aromatic N) is 2. The Hall–Kier alpha value is -2.48. The lowest BCUT2D eigenvalue weighted by atomic mass is 9.93. The molecule has 8 nitrogen and oxygen atoms in total. The topological polar surface area (TPSA) is 80.3 Å². The van der Waals surface area contributed by atoms with Gasteiger partial charge in [-0.1, -0.05) is 0 Å². The van der Waals surface area contributed by atoms with Crippen LogP contribution in [0.2, 0.25) is 0 Å². The molecule has 0 saturated carbocycles. The molecule has 2 rings (SSSR count). The standard InChI is InChI=1S/C21H33N3O5/c1-23(2)11-8-22-19(25)12-15-6-9-24(10-7-15)21(26)16-13-17(27-3)20(29-5)18(14-16)28-4/h13-15H,6-12H2,1-5H3,(H,22,25). The largest absolute Gasteiger partial charge is 0.493 e. The van der Waals surface area contributed by atoms with Crippen LogP contribution in [-0.2, 0) is 4.79 Å². The Labute approximate surface area is 173 Å². The summed E-state index contributed by atoms with van der Waals surface area (Å²) in [6.45, 7) is 2.74. The average molecular weight is 408 g/mol. The fraction of sp³-hybridized carbons (Fsp3) is 0.619. The molecule has 1 fully saturated rings. The zero-order valence-electron chi connectivity index (χ0n) is 18.1. The molecule has 0 atom stereocenters. The summed E-state index contributed by atoms with van der Waals surface area (Å²) in [7, 11) is 8.55. The Balaban J connectivity index is 1.92. The van der Waals surface area contributed by atoms with Gasteiger partial charge in [0.05, 0.1) is 21.3 Å². The Morgan fingerprint density at radius 2 is 1.66 bits per heavy atom. The van der Waals surface area contributed by atoms with Crippen molar-refractivity contribution in [1.29, 1.82) is 0 Å². The molecule has 0 aromatic heterocycles. The Bertz CT molecular complexity index is 675. The second-order valence-corrected chi connectivity index (χ2v) is 7.51. The van der Waals surface area contributed by atoms with Crippen LogP contribution in [0.5, 0.6) is 17.2 Å². The van der Waals surface area contributed by atoms with Crippen molar-refractivity contribution < 1.29 is 23.8 Å². The number of benzene rings is 1. The number of likely N-dealkylation sites (N-methyl/N-ethyl adjacent to an activating group) is 1. The fourth-order valence-electron chi connectivity index (χ4n) is 3.48. The number of rotatable bonds is 9. The van der Waals surface area contributed by atoms with Gasteiger partial charge in [0.25, 0.3) is 5.91 Å². The maximum Gasteiger partial charge on any atom is 0.254 e. The van der Waals surface area contributed by atoms with Crippen LogP contribution in [0.25, 0.3) is 0 Å². The van der Waals surface area contributed by atoms with Gasteiger partial charge >= 0.3 is 0 Å². The Morgan fingerprint density at radius 3 is 2.14 bits per heavy atom. The summed E-state index contributed by atoms with van der Waals surface area (Å²) < 4.78 is 16.0. The van der Waals surface area contributed by atoms with Crippen LogP contribution in [0.3, 0.4) is 0 Å². The number of carbonyl (C=O) groups is 2. The van der Waals surface area contributed by atoms with E-state index >= 15 is 0 Å². The van der Waals surface area contributed by atoms with E-state index in [0.717, 1.165) is 19.4 Å². The van der Waals surface area contributed by atoms with E-state index < -0.39 is 0 Å². The highest BCUT2D eigenvalue weighted by molar-refractivity contribution is 5.95. The number of hydrogen-bond donors (Lipinski definition) is 1. The van der Waals surface area contributed by atoms with Crippen molar-refractivity contribution >= 4 is 11.8 Å². The van der Waals surface area contributed by atoms with Crippen molar-refractivity contribution in [2.45, 2.75) is 19.3 Å². The normalized spacial score (nSPS) is 14.6. The van der Waals surface area contributed by atoms with Crippen LogP contribution in [0.15, 0.2) is 12.1 Å². The Morgan fingerprint density at radius 1 is 1.07 bits per heavy atom. The predicted octanol–water partition coefficient (Wildman–Crippen LogP) is 1.63. The molecular weight excluding hydrogens is 374 g/mol. The van der Waals surface area contributed by atoms with Gasteiger partial charge in [-0.25, -0.2) is 0 Å². The van der Waals surface area contributed by atoms with E-state index in [0.29, 0.717) is 54.8 Å². The number of amides is 2. The smallest absolute Gasteiger partial charge is 0.254 e. The zero-order valence-corrected chi connectivity index (χ0v) is 18.1. The molecule has 29 heavy (non-hydrogen) atoms. The second-order valence-electron chi connectivity index (χ2n) is 7.51. The highest BCUT2D eigenvalue weighted by Gasteiger charge is 2.26. The summed E-state index contributed by atoms with van der Waals surface area (Å²) >= 11 is 0. The Kier molecular flexibility index (Phi) is 8.57. The molecule has 1 saturated heterocycles. The highest BCUT2D eigenvalue weighted by atomic mass is 16.5. The van der Waals surface area contributed by atoms with Crippen molar-refractivity contribution in [1.82, 2.24) is 15.1 Å². The molecule has 0 aliphatic carbocycles. The van der Waals surface area contributed by atoms with Gasteiger partial charge in [0, 0.05) is 38.2 Å². The molecule has 1 N–H and O–H groups in total. The first-order chi connectivity index (χ1) is 13.9. The van der Waals surface area contributed by atoms with Crippen LogP contribution in [0.4, 0.5) is 0 Å². The molecule has 0 spiro atoms. The van der Waals surface area contributed by atoms with Crippen molar-refractivity contribution in [2.24, 2.45) is 5.92 Å². The molecule has 1 aliphatic rings. The highest BCUT2D eigenvalue weighted by Crippen LogP contribution is 2.38. The summed E-state index contributed by atoms with van der Waals surface area (Å²) in [5, 5.41) is 2.96. The van der Waals surface area contributed by atoms with Crippen molar-refractivity contribution in [3.63, 3.8) is 0 Å². The number of piperidine rings is 1. The van der Waals surface area contributed by atoms with Crippen LogP contribution < -0.4 is 19.5 Å². The maximum atomic E-state index is 13.0. The lowest BCUT2D eigenvalue weighted by Gasteiger charge is -2.32. The molecule has 1 aliphatic heterocycles. The van der Waals surface area contributed by atoms with E-state index in [4.69, 9.17) is 14.2 Å². The van der Waals surface area contributed by atoms with Gasteiger partial charge in [-0.15, -0.1) is 0 Å². The van der Waals surface area contributed by atoms with E-state index in [1.165, 1.54) is 21.3 Å². The number of methoxy groups -OCH3 is 3. The molecule has 0 unspecified atom stereocenters. The number of hydrogen-bond acceptors (Lipinski definition) is 6. The summed E-state index contributed by atoms with van der Waals surface area (Å²) in [6, 6.07) is 3.35. The van der Waals surface area contributed by atoms with Crippen LogP contribution in [0.1, 0.15) is 29.6 Å². The van der Waals surface area contributed by atoms with E-state index in [2.05, 4.69) is 5.32 Å². The number of ether oxygens (including phenoxy) is 3. The first-order valence-corrected chi connectivity index (χ1v) is 9.90. The van der Waals surface area contributed by atoms with Crippen LogP contribution in [-0.4, -0.2) is 83.2 Å². The third kappa shape index (κ3) is 6.25. The molecule has 1 aromatic carbocycles. The maximum absolute atomic E-state index is 13.0. The molecule has 8 heteroatoms. The monoisotopic (exact) mass is 407 g/mol. The third-order valence-corrected chi connectivity index (χ3v) is 5.17. The predicted molar refractivity (Wildman–Crippen MR) is 111 cm³/mol. The van der Waals surface area contributed by atoms with Crippen LogP contribution in [0, 0.1) is 5.92 Å². The van der Waals surface area contributed by atoms with Gasteiger partial charge in [-0.2, -0.15) is 0 Å². The van der Waals surface area contributed by atoms with Gasteiger partial charge in [0.2, 0.25) is 11.7 Å². The van der Waals surface area contributed by atoms with Crippen molar-refractivity contribution in [3.8, 4) is 17.2 Å². The van der Waals surface area contributed by atoms with E-state index in [9.17, 15) is 9.59 Å². The third-order valence-electron chi connectivity index (χ3n) is 5.17. The summed E-state index contributed by atoms with van der Waals surface area (Å²) in [5.41, 5.74) is 0.499. The second kappa shape index (κ2) is 10.9. The number of carbonyl (C=O) groups excluding carboxylic acids is 2. The average Bonchev–Trinajstić information content (AvgIpc) is 2.72. The van der Waals surface area contributed by atoms with Gasteiger partial charge in [-0.05, 0) is 45.0 Å². The molecule has 0 radical (unpaired) electrons. The molecule has 0 bridgehead atoms. The lowest BCUT2D eigenvalue weighted by Crippen LogP contribution is -2.40. The van der Waals surface area contributed by atoms with Gasteiger partial charge < -0.3 is 29.3 Å². The van der Waals surface area contributed by atoms with Gasteiger partial charge in [0.1, 0.15) is 0 Å². The minimum Gasteiger partial charge on any atom is -0.493 e. The summed E-state index contributed by atoms with van der Waals surface area (Å²) in [6.07, 6.45) is 2.15. The molecule has 1 heterocycles. The van der Waals surface area contributed by atoms with Crippen molar-refractivity contribution in [2.75, 3.05) is 61.6 Å². The molecular formula is C21H33N3O5. The number of nitrogens with one attached hydrogen (secondary N) is 1. The first-order valence-electron chi connectivity index (χ1n) is 9.90. The SMILES string of the molecule is COc1cc(C(=O)N2CCC(CC(=O)NCCN(C)C)CC2)cc(OC)c1OC. The molecule has 2 amide bonds. The van der Waals surface area contributed by atoms with Gasteiger partial charge in [0.15, 0.2) is 11.5 Å². The zero-order chi connectivity index (χ0) is 21.4. The van der Waals surface area contributed by atoms with Crippen molar-refractivity contribution in [3.05, 3.63) is 17.7 Å². The molecule has 162 valence electrons. The fourth-order valence-corrected chi connectivity index (χ4v) is 3.48. The lowest BCUT2D eigenvalue weighted by molar-refractivity contribution is -0.122. The number of likely N-dealkylation sites (tertiary alicyclic amines) is 1. The van der Waals surface area contributed by atoms with Crippen LogP contribution >= 0.6 is 0 Å². The van der Waals surface area contributed by atoms with E-state index in [-0.39, 0.29) is 11.8 Å². The van der Waals surface area contributed by atoms with E-state index in [1.807, 2.05) is 23.9 Å². The van der Waals surface area contributed by atoms with Gasteiger partial charge in [-0.3, -0.25) is 9.59 Å². The van der Waals surface area contributed by atoms with E-state index in [1.54, 1.807) is 12.1 Å². The molecule has 1 aromatic rings. The minimum absolute atomic E-state index is 0.0712. The minimum atomic E-state index is -0.0712. The summed E-state index contributed by atoms with van der Waals surface area (Å²) in [4.78, 5) is 28.9. The first kappa shape index (κ1) is 22.8. The summed E-state index contributed by atoms with van der Waals surface area (Å²) in [5.74, 6) is 1.70.